The van der Waals surface area contributed by atoms with E-state index >= 15 is 0 Å². The zero-order chi connectivity index (χ0) is 20.6. The molecule has 0 saturated carbocycles. The van der Waals surface area contributed by atoms with Gasteiger partial charge in [0.05, 0.1) is 37.3 Å². The van der Waals surface area contributed by atoms with Crippen LogP contribution >= 0.6 is 0 Å². The first kappa shape index (κ1) is 21.7. The number of halogens is 1. The van der Waals surface area contributed by atoms with Gasteiger partial charge in [0.15, 0.2) is 0 Å². The van der Waals surface area contributed by atoms with Gasteiger partial charge in [-0.05, 0) is 25.5 Å². The Hall–Kier alpha value is -2.59. The Bertz CT molecular complexity index is 829. The minimum atomic E-state index is -0.954. The Morgan fingerprint density at radius 2 is 1.96 bits per heavy atom. The molecular weight excluding hydrogens is 359 g/mol. The molecule has 150 valence electrons. The molecule has 0 heterocycles. The molecule has 5 N–H and O–H groups in total. The van der Waals surface area contributed by atoms with Crippen molar-refractivity contribution >= 4 is 11.4 Å². The van der Waals surface area contributed by atoms with E-state index in [4.69, 9.17) is 15.6 Å². The Kier molecular flexibility index (Phi) is 7.82. The molecule has 0 amide bonds. The van der Waals surface area contributed by atoms with Crippen LogP contribution in [0.3, 0.4) is 0 Å². The number of anilines is 2. The molecule has 6 heteroatoms. The van der Waals surface area contributed by atoms with Gasteiger partial charge in [-0.2, -0.15) is 0 Å². The highest BCUT2D eigenvalue weighted by atomic mass is 19.1. The summed E-state index contributed by atoms with van der Waals surface area (Å²) in [4.78, 5) is 0. The number of nitrogens with one attached hydrogen (secondary N) is 1. The third-order valence-corrected chi connectivity index (χ3v) is 3.99. The molecule has 0 unspecified atom stereocenters. The van der Waals surface area contributed by atoms with Crippen LogP contribution < -0.4 is 11.1 Å². The number of aliphatic hydroxyl groups excluding tert-OH is 2. The average molecular weight is 386 g/mol. The predicted molar refractivity (Wildman–Crippen MR) is 109 cm³/mol. The van der Waals surface area contributed by atoms with E-state index in [1.54, 1.807) is 0 Å². The topological polar surface area (TPSA) is 87.7 Å². The summed E-state index contributed by atoms with van der Waals surface area (Å²) in [7, 11) is 0. The van der Waals surface area contributed by atoms with Crippen molar-refractivity contribution in [3.05, 3.63) is 59.4 Å². The largest absolute Gasteiger partial charge is 0.396 e. The summed E-state index contributed by atoms with van der Waals surface area (Å²) in [6, 6.07) is 12.6. The number of ether oxygens (including phenoxy) is 1. The van der Waals surface area contributed by atoms with Crippen LogP contribution in [0, 0.1) is 23.1 Å². The number of rotatable bonds is 8. The molecule has 2 aromatic rings. The fourth-order valence-corrected chi connectivity index (χ4v) is 2.40. The lowest BCUT2D eigenvalue weighted by atomic mass is 9.95. The third kappa shape index (κ3) is 6.86. The highest BCUT2D eigenvalue weighted by molar-refractivity contribution is 5.65. The lowest BCUT2D eigenvalue weighted by Gasteiger charge is -2.18. The van der Waals surface area contributed by atoms with Crippen molar-refractivity contribution < 1.29 is 19.3 Å². The summed E-state index contributed by atoms with van der Waals surface area (Å²) in [6.07, 6.45) is -0.954. The van der Waals surface area contributed by atoms with E-state index in [-0.39, 0.29) is 12.2 Å². The van der Waals surface area contributed by atoms with Crippen molar-refractivity contribution in [2.75, 3.05) is 30.8 Å². The summed E-state index contributed by atoms with van der Waals surface area (Å²) in [5.41, 5.74) is 7.25. The quantitative estimate of drug-likeness (QED) is 0.414. The number of hydrogen-bond acceptors (Lipinski definition) is 5. The van der Waals surface area contributed by atoms with Crippen LogP contribution in [0.25, 0.3) is 0 Å². The van der Waals surface area contributed by atoms with Gasteiger partial charge in [0.25, 0.3) is 0 Å². The van der Waals surface area contributed by atoms with Gasteiger partial charge < -0.3 is 26.0 Å². The van der Waals surface area contributed by atoms with Crippen molar-refractivity contribution in [2.45, 2.75) is 26.6 Å². The molecule has 2 rings (SSSR count). The fraction of sp³-hybridized carbons (Fsp3) is 0.364. The summed E-state index contributed by atoms with van der Waals surface area (Å²) >= 11 is 0. The van der Waals surface area contributed by atoms with E-state index in [0.717, 1.165) is 5.56 Å². The summed E-state index contributed by atoms with van der Waals surface area (Å²) < 4.78 is 19.6. The Labute approximate surface area is 165 Å². The van der Waals surface area contributed by atoms with E-state index in [9.17, 15) is 9.50 Å². The maximum Gasteiger partial charge on any atom is 0.148 e. The highest BCUT2D eigenvalue weighted by Crippen LogP contribution is 2.23. The third-order valence-electron chi connectivity index (χ3n) is 3.99. The molecule has 0 aliphatic heterocycles. The average Bonchev–Trinajstić information content (AvgIpc) is 2.68. The van der Waals surface area contributed by atoms with Crippen molar-refractivity contribution in [1.29, 1.82) is 0 Å². The molecule has 0 aromatic heterocycles. The molecule has 0 radical (unpaired) electrons. The number of nitrogens with two attached hydrogens (primary N) is 1. The standard InChI is InChI=1S/C22H27FN2O3/c1-22(2,15-28-14-16-6-4-3-5-7-16)9-8-17-10-20(24)19(23)11-21(17)25-12-18(27)13-26/h3-7,10-11,18,25-27H,12-15,24H2,1-2H3/t18-/m1/s1. The van der Waals surface area contributed by atoms with Crippen LogP contribution in [-0.2, 0) is 11.3 Å². The molecule has 2 aromatic carbocycles. The SMILES string of the molecule is CC(C)(C#Cc1cc(N)c(F)cc1NC[C@@H](O)CO)COCc1ccccc1. The minimum absolute atomic E-state index is 0.00399. The molecular formula is C22H27FN2O3. The van der Waals surface area contributed by atoms with Crippen LogP contribution in [0.2, 0.25) is 0 Å². The fourth-order valence-electron chi connectivity index (χ4n) is 2.40. The zero-order valence-electron chi connectivity index (χ0n) is 16.2. The predicted octanol–water partition coefficient (Wildman–Crippen LogP) is 2.77. The Morgan fingerprint density at radius 3 is 2.64 bits per heavy atom. The molecule has 0 spiro atoms. The van der Waals surface area contributed by atoms with Gasteiger partial charge in [-0.1, -0.05) is 42.2 Å². The van der Waals surface area contributed by atoms with Gasteiger partial charge in [-0.3, -0.25) is 0 Å². The van der Waals surface area contributed by atoms with Gasteiger partial charge in [0.1, 0.15) is 5.82 Å². The normalized spacial score (nSPS) is 12.2. The smallest absolute Gasteiger partial charge is 0.148 e. The molecule has 0 aliphatic carbocycles. The van der Waals surface area contributed by atoms with E-state index < -0.39 is 23.9 Å². The highest BCUT2D eigenvalue weighted by Gasteiger charge is 2.15. The number of hydrogen-bond donors (Lipinski definition) is 4. The monoisotopic (exact) mass is 386 g/mol. The zero-order valence-corrected chi connectivity index (χ0v) is 16.2. The number of nitrogen functional groups attached to an aromatic ring is 1. The van der Waals surface area contributed by atoms with E-state index in [0.29, 0.717) is 24.5 Å². The van der Waals surface area contributed by atoms with Crippen molar-refractivity contribution in [1.82, 2.24) is 0 Å². The maximum atomic E-state index is 13.8. The van der Waals surface area contributed by atoms with Crippen LogP contribution in [0.15, 0.2) is 42.5 Å². The molecule has 5 nitrogen and oxygen atoms in total. The summed E-state index contributed by atoms with van der Waals surface area (Å²) in [5, 5.41) is 21.3. The van der Waals surface area contributed by atoms with Crippen LogP contribution in [0.4, 0.5) is 15.8 Å². The van der Waals surface area contributed by atoms with Crippen molar-refractivity contribution in [3.8, 4) is 11.8 Å². The maximum absolute atomic E-state index is 13.8. The molecule has 0 bridgehead atoms. The summed E-state index contributed by atoms with van der Waals surface area (Å²) in [5.74, 6) is 5.60. The van der Waals surface area contributed by atoms with Gasteiger partial charge >= 0.3 is 0 Å². The van der Waals surface area contributed by atoms with Crippen LogP contribution in [0.1, 0.15) is 25.0 Å². The lowest BCUT2D eigenvalue weighted by Crippen LogP contribution is -2.23. The first-order valence-corrected chi connectivity index (χ1v) is 9.07. The van der Waals surface area contributed by atoms with Crippen LogP contribution in [-0.4, -0.2) is 36.1 Å². The van der Waals surface area contributed by atoms with Gasteiger partial charge in [-0.15, -0.1) is 0 Å². The Balaban J connectivity index is 2.08. The molecule has 0 fully saturated rings. The van der Waals surface area contributed by atoms with Crippen molar-refractivity contribution in [3.63, 3.8) is 0 Å². The molecule has 0 saturated heterocycles. The first-order chi connectivity index (χ1) is 13.3. The first-order valence-electron chi connectivity index (χ1n) is 9.07. The van der Waals surface area contributed by atoms with E-state index in [1.807, 2.05) is 44.2 Å². The Morgan fingerprint density at radius 1 is 1.25 bits per heavy atom. The van der Waals surface area contributed by atoms with Crippen LogP contribution in [0.5, 0.6) is 0 Å². The lowest BCUT2D eigenvalue weighted by molar-refractivity contribution is 0.0753. The molecule has 28 heavy (non-hydrogen) atoms. The number of aliphatic hydroxyl groups is 2. The minimum Gasteiger partial charge on any atom is -0.396 e. The van der Waals surface area contributed by atoms with Gasteiger partial charge in [-0.25, -0.2) is 4.39 Å². The second kappa shape index (κ2) is 10.1. The molecule has 1 atom stereocenters. The second-order valence-corrected chi connectivity index (χ2v) is 7.25. The van der Waals surface area contributed by atoms with Gasteiger partial charge in [0.2, 0.25) is 0 Å². The van der Waals surface area contributed by atoms with Crippen molar-refractivity contribution in [2.24, 2.45) is 5.41 Å². The van der Waals surface area contributed by atoms with E-state index in [1.165, 1.54) is 12.1 Å². The van der Waals surface area contributed by atoms with Gasteiger partial charge in [0, 0.05) is 23.6 Å². The van der Waals surface area contributed by atoms with E-state index in [2.05, 4.69) is 17.2 Å². The number of benzene rings is 2. The summed E-state index contributed by atoms with van der Waals surface area (Å²) in [6.45, 7) is 4.52. The molecule has 0 aliphatic rings. The second-order valence-electron chi connectivity index (χ2n) is 7.25.